The summed E-state index contributed by atoms with van der Waals surface area (Å²) in [5.74, 6) is 0.885. The normalized spacial score (nSPS) is 22.5. The zero-order valence-corrected chi connectivity index (χ0v) is 11.6. The Morgan fingerprint density at radius 2 is 2.17 bits per heavy atom. The Balaban J connectivity index is 1.82. The summed E-state index contributed by atoms with van der Waals surface area (Å²) in [6.45, 7) is 3.81. The van der Waals surface area contributed by atoms with Gasteiger partial charge in [-0.2, -0.15) is 0 Å². The largest absolute Gasteiger partial charge is 0.492 e. The number of carbonyl (C=O) groups excluding carboxylic acids is 1. The maximum atomic E-state index is 12.5. The van der Waals surface area contributed by atoms with Gasteiger partial charge in [0.05, 0.1) is 0 Å². The first-order valence-electron chi connectivity index (χ1n) is 6.17. The van der Waals surface area contributed by atoms with Gasteiger partial charge in [0.25, 0.3) is 0 Å². The number of halogens is 1. The molecule has 2 aliphatic rings. The third-order valence-electron chi connectivity index (χ3n) is 3.48. The van der Waals surface area contributed by atoms with Crippen molar-refractivity contribution >= 4 is 21.8 Å². The van der Waals surface area contributed by atoms with E-state index in [2.05, 4.69) is 21.2 Å². The van der Waals surface area contributed by atoms with Crippen LogP contribution in [0.2, 0.25) is 0 Å². The van der Waals surface area contributed by atoms with Crippen molar-refractivity contribution in [1.29, 1.82) is 0 Å². The standard InChI is InChI=1S/C13H15BrN2O2/c14-9-1-2-12-10(7-9)11(8-18-12)13(17)16-5-3-15-4-6-16/h1-2,7,11,15H,3-6,8H2. The van der Waals surface area contributed by atoms with Gasteiger partial charge in [-0.1, -0.05) is 15.9 Å². The van der Waals surface area contributed by atoms with Gasteiger partial charge in [-0.25, -0.2) is 0 Å². The number of nitrogens with zero attached hydrogens (tertiary/aromatic N) is 1. The molecular formula is C13H15BrN2O2. The van der Waals surface area contributed by atoms with Gasteiger partial charge >= 0.3 is 0 Å². The number of hydrogen-bond acceptors (Lipinski definition) is 3. The van der Waals surface area contributed by atoms with Crippen LogP contribution in [0.1, 0.15) is 11.5 Å². The van der Waals surface area contributed by atoms with Crippen LogP contribution in [-0.2, 0) is 4.79 Å². The molecule has 5 heteroatoms. The smallest absolute Gasteiger partial charge is 0.233 e. The van der Waals surface area contributed by atoms with Crippen LogP contribution in [0.15, 0.2) is 22.7 Å². The number of fused-ring (bicyclic) bond motifs is 1. The molecule has 1 atom stereocenters. The Morgan fingerprint density at radius 3 is 2.94 bits per heavy atom. The number of hydrogen-bond donors (Lipinski definition) is 1. The van der Waals surface area contributed by atoms with Crippen LogP contribution in [0, 0.1) is 0 Å². The maximum Gasteiger partial charge on any atom is 0.233 e. The van der Waals surface area contributed by atoms with Crippen molar-refractivity contribution in [1.82, 2.24) is 10.2 Å². The second-order valence-corrected chi connectivity index (χ2v) is 5.54. The fourth-order valence-electron chi connectivity index (χ4n) is 2.50. The van der Waals surface area contributed by atoms with Gasteiger partial charge in [-0.15, -0.1) is 0 Å². The van der Waals surface area contributed by atoms with Crippen molar-refractivity contribution in [2.24, 2.45) is 0 Å². The van der Waals surface area contributed by atoms with Crippen LogP contribution in [0.5, 0.6) is 5.75 Å². The van der Waals surface area contributed by atoms with E-state index in [0.717, 1.165) is 42.0 Å². The van der Waals surface area contributed by atoms with Crippen molar-refractivity contribution in [2.45, 2.75) is 5.92 Å². The van der Waals surface area contributed by atoms with Crippen LogP contribution in [0.3, 0.4) is 0 Å². The first kappa shape index (κ1) is 12.0. The molecule has 4 nitrogen and oxygen atoms in total. The van der Waals surface area contributed by atoms with Crippen molar-refractivity contribution in [3.63, 3.8) is 0 Å². The average Bonchev–Trinajstić information content (AvgIpc) is 2.82. The Labute approximate surface area is 114 Å². The third kappa shape index (κ3) is 2.12. The molecule has 1 amide bonds. The molecule has 18 heavy (non-hydrogen) atoms. The van der Waals surface area contributed by atoms with Gasteiger partial charge in [0.15, 0.2) is 0 Å². The van der Waals surface area contributed by atoms with E-state index < -0.39 is 0 Å². The van der Waals surface area contributed by atoms with E-state index in [1.165, 1.54) is 0 Å². The zero-order chi connectivity index (χ0) is 12.5. The molecule has 1 fully saturated rings. The third-order valence-corrected chi connectivity index (χ3v) is 3.97. The van der Waals surface area contributed by atoms with Gasteiger partial charge < -0.3 is 15.0 Å². The number of rotatable bonds is 1. The predicted molar refractivity (Wildman–Crippen MR) is 71.8 cm³/mol. The molecule has 0 spiro atoms. The number of nitrogens with one attached hydrogen (secondary N) is 1. The second kappa shape index (κ2) is 4.90. The molecule has 1 N–H and O–H groups in total. The van der Waals surface area contributed by atoms with E-state index in [1.54, 1.807) is 0 Å². The summed E-state index contributed by atoms with van der Waals surface area (Å²) < 4.78 is 6.58. The van der Waals surface area contributed by atoms with Crippen LogP contribution in [-0.4, -0.2) is 43.6 Å². The minimum absolute atomic E-state index is 0.143. The fourth-order valence-corrected chi connectivity index (χ4v) is 2.87. The molecule has 0 aromatic heterocycles. The van der Waals surface area contributed by atoms with E-state index in [0.29, 0.717) is 6.61 Å². The Kier molecular flexibility index (Phi) is 3.26. The minimum atomic E-state index is -0.143. The van der Waals surface area contributed by atoms with Gasteiger partial charge in [-0.3, -0.25) is 4.79 Å². The van der Waals surface area contributed by atoms with Crippen molar-refractivity contribution < 1.29 is 9.53 Å². The van der Waals surface area contributed by atoms with E-state index in [1.807, 2.05) is 23.1 Å². The van der Waals surface area contributed by atoms with Gasteiger partial charge in [0, 0.05) is 36.2 Å². The monoisotopic (exact) mass is 310 g/mol. The van der Waals surface area contributed by atoms with E-state index in [9.17, 15) is 4.79 Å². The summed E-state index contributed by atoms with van der Waals surface area (Å²) in [5, 5.41) is 3.26. The topological polar surface area (TPSA) is 41.6 Å². The molecule has 2 aliphatic heterocycles. The lowest BCUT2D eigenvalue weighted by atomic mass is 9.99. The number of ether oxygens (including phenoxy) is 1. The van der Waals surface area contributed by atoms with Crippen LogP contribution >= 0.6 is 15.9 Å². The van der Waals surface area contributed by atoms with Crippen molar-refractivity contribution in [2.75, 3.05) is 32.8 Å². The van der Waals surface area contributed by atoms with E-state index in [4.69, 9.17) is 4.74 Å². The summed E-state index contributed by atoms with van der Waals surface area (Å²) in [7, 11) is 0. The number of carbonyl (C=O) groups is 1. The second-order valence-electron chi connectivity index (χ2n) is 4.62. The SMILES string of the molecule is O=C(C1COc2ccc(Br)cc21)N1CCNCC1. The summed E-state index contributed by atoms with van der Waals surface area (Å²) in [5.41, 5.74) is 1.01. The van der Waals surface area contributed by atoms with Crippen molar-refractivity contribution in [3.05, 3.63) is 28.2 Å². The average molecular weight is 311 g/mol. The van der Waals surface area contributed by atoms with Gasteiger partial charge in [-0.05, 0) is 18.2 Å². The maximum absolute atomic E-state index is 12.5. The molecule has 1 unspecified atom stereocenters. The van der Waals surface area contributed by atoms with E-state index in [-0.39, 0.29) is 11.8 Å². The van der Waals surface area contributed by atoms with Crippen LogP contribution in [0.25, 0.3) is 0 Å². The lowest BCUT2D eigenvalue weighted by Crippen LogP contribution is -2.48. The highest BCUT2D eigenvalue weighted by Crippen LogP contribution is 2.36. The predicted octanol–water partition coefficient (Wildman–Crippen LogP) is 1.36. The first-order chi connectivity index (χ1) is 8.75. The fraction of sp³-hybridized carbons (Fsp3) is 0.462. The lowest BCUT2D eigenvalue weighted by Gasteiger charge is -2.29. The summed E-state index contributed by atoms with van der Waals surface area (Å²) in [6, 6.07) is 5.86. The molecule has 96 valence electrons. The highest BCUT2D eigenvalue weighted by molar-refractivity contribution is 9.10. The number of amides is 1. The zero-order valence-electron chi connectivity index (χ0n) is 9.99. The quantitative estimate of drug-likeness (QED) is 0.851. The molecule has 2 heterocycles. The van der Waals surface area contributed by atoms with Gasteiger partial charge in [0.1, 0.15) is 18.3 Å². The molecule has 0 aliphatic carbocycles. The molecule has 3 rings (SSSR count). The molecule has 1 aromatic carbocycles. The molecule has 0 bridgehead atoms. The Bertz CT molecular complexity index is 472. The molecule has 0 saturated carbocycles. The van der Waals surface area contributed by atoms with E-state index >= 15 is 0 Å². The van der Waals surface area contributed by atoms with Gasteiger partial charge in [0.2, 0.25) is 5.91 Å². The molecule has 1 aromatic rings. The van der Waals surface area contributed by atoms with Crippen LogP contribution < -0.4 is 10.1 Å². The summed E-state index contributed by atoms with van der Waals surface area (Å²) >= 11 is 3.45. The molecule has 0 radical (unpaired) electrons. The Hall–Kier alpha value is -1.07. The lowest BCUT2D eigenvalue weighted by molar-refractivity contribution is -0.133. The number of piperazine rings is 1. The van der Waals surface area contributed by atoms with Crippen molar-refractivity contribution in [3.8, 4) is 5.75 Å². The molecular weight excluding hydrogens is 296 g/mol. The summed E-state index contributed by atoms with van der Waals surface area (Å²) in [4.78, 5) is 14.4. The van der Waals surface area contributed by atoms with Crippen LogP contribution in [0.4, 0.5) is 0 Å². The highest BCUT2D eigenvalue weighted by atomic mass is 79.9. The highest BCUT2D eigenvalue weighted by Gasteiger charge is 2.33. The number of benzene rings is 1. The minimum Gasteiger partial charge on any atom is -0.492 e. The summed E-state index contributed by atoms with van der Waals surface area (Å²) in [6.07, 6.45) is 0. The molecule has 1 saturated heterocycles. The first-order valence-corrected chi connectivity index (χ1v) is 6.97. The Morgan fingerprint density at radius 1 is 1.39 bits per heavy atom.